The van der Waals surface area contributed by atoms with E-state index in [1.54, 1.807) is 22.9 Å². The number of ether oxygens (including phenoxy) is 1. The van der Waals surface area contributed by atoms with Gasteiger partial charge in [0.15, 0.2) is 0 Å². The molecule has 168 valence electrons. The summed E-state index contributed by atoms with van der Waals surface area (Å²) in [6.07, 6.45) is 0.0809. The SMILES string of the molecule is CCOc1ccc(-c2csc(-n3nc(C)cc3NC(=O)Cc3ccc([N+](=O)[O-])cc3)n2)cc1. The molecule has 1 amide bonds. The molecule has 0 saturated carbocycles. The highest BCUT2D eigenvalue weighted by Gasteiger charge is 2.15. The standard InChI is InChI=1S/C23H21N5O4S/c1-3-32-19-10-6-17(7-11-19)20-14-33-23(24-20)27-21(12-15(2)26-27)25-22(29)13-16-4-8-18(9-5-16)28(30)31/h4-12,14H,3,13H2,1-2H3,(H,25,29). The number of nitrogens with one attached hydrogen (secondary N) is 1. The van der Waals surface area contributed by atoms with Crippen LogP contribution in [0.5, 0.6) is 5.75 Å². The molecule has 4 rings (SSSR count). The van der Waals surface area contributed by atoms with Crippen molar-refractivity contribution in [2.45, 2.75) is 20.3 Å². The van der Waals surface area contributed by atoms with Crippen LogP contribution in [0.4, 0.5) is 11.5 Å². The summed E-state index contributed by atoms with van der Waals surface area (Å²) in [5.41, 5.74) is 3.15. The number of hydrogen-bond acceptors (Lipinski definition) is 7. The Bertz CT molecular complexity index is 1280. The van der Waals surface area contributed by atoms with Gasteiger partial charge in [-0.3, -0.25) is 14.9 Å². The van der Waals surface area contributed by atoms with E-state index >= 15 is 0 Å². The second kappa shape index (κ2) is 9.61. The Labute approximate surface area is 193 Å². The normalized spacial score (nSPS) is 10.7. The Morgan fingerprint density at radius 2 is 1.91 bits per heavy atom. The number of anilines is 1. The maximum Gasteiger partial charge on any atom is 0.269 e. The predicted molar refractivity (Wildman–Crippen MR) is 126 cm³/mol. The molecule has 0 bridgehead atoms. The van der Waals surface area contributed by atoms with Crippen LogP contribution in [0, 0.1) is 17.0 Å². The summed E-state index contributed by atoms with van der Waals surface area (Å²) in [5.74, 6) is 1.05. The van der Waals surface area contributed by atoms with Gasteiger partial charge in [-0.25, -0.2) is 4.98 Å². The van der Waals surface area contributed by atoms with Crippen molar-refractivity contribution in [3.05, 3.63) is 81.3 Å². The fourth-order valence-electron chi connectivity index (χ4n) is 3.23. The molecule has 1 N–H and O–H groups in total. The van der Waals surface area contributed by atoms with Gasteiger partial charge in [0.05, 0.1) is 29.3 Å². The molecule has 2 aromatic carbocycles. The van der Waals surface area contributed by atoms with E-state index in [1.165, 1.54) is 23.5 Å². The number of aryl methyl sites for hydroxylation is 1. The molecule has 0 atom stereocenters. The van der Waals surface area contributed by atoms with Crippen molar-refractivity contribution in [1.82, 2.24) is 14.8 Å². The Kier molecular flexibility index (Phi) is 6.45. The lowest BCUT2D eigenvalue weighted by Gasteiger charge is -2.07. The van der Waals surface area contributed by atoms with Crippen LogP contribution in [0.1, 0.15) is 18.2 Å². The fourth-order valence-corrected chi connectivity index (χ4v) is 4.02. The lowest BCUT2D eigenvalue weighted by Crippen LogP contribution is -2.17. The zero-order valence-corrected chi connectivity index (χ0v) is 18.8. The number of nitrogens with zero attached hydrogens (tertiary/aromatic N) is 4. The molecule has 4 aromatic rings. The molecule has 0 aliphatic heterocycles. The van der Waals surface area contributed by atoms with E-state index in [1.807, 2.05) is 43.5 Å². The highest BCUT2D eigenvalue weighted by atomic mass is 32.1. The molecule has 0 spiro atoms. The third-order valence-electron chi connectivity index (χ3n) is 4.75. The third-order valence-corrected chi connectivity index (χ3v) is 5.56. The Morgan fingerprint density at radius 1 is 1.18 bits per heavy atom. The molecule has 33 heavy (non-hydrogen) atoms. The second-order valence-electron chi connectivity index (χ2n) is 7.20. The Morgan fingerprint density at radius 3 is 2.58 bits per heavy atom. The van der Waals surface area contributed by atoms with Crippen LogP contribution < -0.4 is 10.1 Å². The number of nitro benzene ring substituents is 1. The minimum Gasteiger partial charge on any atom is -0.494 e. The highest BCUT2D eigenvalue weighted by Crippen LogP contribution is 2.28. The summed E-state index contributed by atoms with van der Waals surface area (Å²) in [5, 5.41) is 20.7. The predicted octanol–water partition coefficient (Wildman–Crippen LogP) is 4.79. The summed E-state index contributed by atoms with van der Waals surface area (Å²) in [7, 11) is 0. The number of benzene rings is 2. The zero-order chi connectivity index (χ0) is 23.4. The number of aromatic nitrogens is 3. The monoisotopic (exact) mass is 463 g/mol. The Hall–Kier alpha value is -4.05. The molecule has 0 saturated heterocycles. The van der Waals surface area contributed by atoms with Gasteiger partial charge in [0.1, 0.15) is 11.6 Å². The molecule has 9 nitrogen and oxygen atoms in total. The lowest BCUT2D eigenvalue weighted by atomic mass is 10.1. The van der Waals surface area contributed by atoms with Gasteiger partial charge >= 0.3 is 0 Å². The van der Waals surface area contributed by atoms with Crippen molar-refractivity contribution in [1.29, 1.82) is 0 Å². The molecule has 2 aromatic heterocycles. The van der Waals surface area contributed by atoms with E-state index in [2.05, 4.69) is 15.4 Å². The van der Waals surface area contributed by atoms with Crippen molar-refractivity contribution >= 4 is 28.7 Å². The van der Waals surface area contributed by atoms with Crippen LogP contribution in [0.2, 0.25) is 0 Å². The van der Waals surface area contributed by atoms with Crippen LogP contribution in [-0.4, -0.2) is 32.2 Å². The molecular formula is C23H21N5O4S. The van der Waals surface area contributed by atoms with Crippen LogP contribution in [-0.2, 0) is 11.2 Å². The van der Waals surface area contributed by atoms with Gasteiger partial charge in [-0.05, 0) is 43.7 Å². The van der Waals surface area contributed by atoms with Gasteiger partial charge in [-0.2, -0.15) is 9.78 Å². The topological polar surface area (TPSA) is 112 Å². The summed E-state index contributed by atoms with van der Waals surface area (Å²) in [4.78, 5) is 27.6. The molecule has 0 aliphatic carbocycles. The van der Waals surface area contributed by atoms with E-state index in [4.69, 9.17) is 4.74 Å². The first kappa shape index (κ1) is 22.2. The van der Waals surface area contributed by atoms with E-state index in [0.29, 0.717) is 23.1 Å². The van der Waals surface area contributed by atoms with Gasteiger partial charge in [-0.15, -0.1) is 11.3 Å². The van der Waals surface area contributed by atoms with Crippen molar-refractivity contribution in [3.63, 3.8) is 0 Å². The molecule has 0 radical (unpaired) electrons. The number of amides is 1. The van der Waals surface area contributed by atoms with Gasteiger partial charge in [0.2, 0.25) is 11.0 Å². The highest BCUT2D eigenvalue weighted by molar-refractivity contribution is 7.12. The average Bonchev–Trinajstić information content (AvgIpc) is 3.41. The van der Waals surface area contributed by atoms with E-state index in [0.717, 1.165) is 22.7 Å². The number of nitro groups is 1. The first-order valence-electron chi connectivity index (χ1n) is 10.2. The van der Waals surface area contributed by atoms with Crippen molar-refractivity contribution in [2.24, 2.45) is 0 Å². The largest absolute Gasteiger partial charge is 0.494 e. The van der Waals surface area contributed by atoms with Crippen LogP contribution in [0.15, 0.2) is 60.0 Å². The van der Waals surface area contributed by atoms with Gasteiger partial charge < -0.3 is 10.1 Å². The lowest BCUT2D eigenvalue weighted by molar-refractivity contribution is -0.384. The number of carbonyl (C=O) groups is 1. The molecule has 0 unspecified atom stereocenters. The quantitative estimate of drug-likeness (QED) is 0.297. The van der Waals surface area contributed by atoms with Crippen LogP contribution in [0.3, 0.4) is 0 Å². The fraction of sp³-hybridized carbons (Fsp3) is 0.174. The first-order chi connectivity index (χ1) is 15.9. The van der Waals surface area contributed by atoms with Gasteiger partial charge in [0, 0.05) is 29.1 Å². The van der Waals surface area contributed by atoms with Crippen molar-refractivity contribution in [2.75, 3.05) is 11.9 Å². The molecule has 0 aliphatic rings. The van der Waals surface area contributed by atoms with Crippen molar-refractivity contribution < 1.29 is 14.5 Å². The molecular weight excluding hydrogens is 442 g/mol. The van der Waals surface area contributed by atoms with Gasteiger partial charge in [-0.1, -0.05) is 12.1 Å². The van der Waals surface area contributed by atoms with E-state index < -0.39 is 4.92 Å². The summed E-state index contributed by atoms with van der Waals surface area (Å²) in [6.45, 7) is 4.38. The summed E-state index contributed by atoms with van der Waals surface area (Å²) >= 11 is 1.42. The molecule has 10 heteroatoms. The summed E-state index contributed by atoms with van der Waals surface area (Å²) < 4.78 is 7.09. The number of hydrogen-bond donors (Lipinski definition) is 1. The minimum absolute atomic E-state index is 0.0139. The third kappa shape index (κ3) is 5.24. The minimum atomic E-state index is -0.471. The van der Waals surface area contributed by atoms with Gasteiger partial charge in [0.25, 0.3) is 5.69 Å². The zero-order valence-electron chi connectivity index (χ0n) is 18.0. The van der Waals surface area contributed by atoms with Crippen LogP contribution >= 0.6 is 11.3 Å². The number of carbonyl (C=O) groups excluding carboxylic acids is 1. The number of thiazole rings is 1. The average molecular weight is 464 g/mol. The summed E-state index contributed by atoms with van der Waals surface area (Å²) in [6, 6.07) is 15.4. The van der Waals surface area contributed by atoms with E-state index in [-0.39, 0.29) is 18.0 Å². The molecule has 0 fully saturated rings. The van der Waals surface area contributed by atoms with Crippen molar-refractivity contribution in [3.8, 4) is 22.1 Å². The maximum absolute atomic E-state index is 12.6. The first-order valence-corrected chi connectivity index (χ1v) is 11.1. The second-order valence-corrected chi connectivity index (χ2v) is 8.04. The van der Waals surface area contributed by atoms with Crippen LogP contribution in [0.25, 0.3) is 16.4 Å². The number of rotatable bonds is 8. The molecule has 2 heterocycles. The van der Waals surface area contributed by atoms with E-state index in [9.17, 15) is 14.9 Å². The maximum atomic E-state index is 12.6. The Balaban J connectivity index is 1.49. The number of non-ortho nitro benzene ring substituents is 1. The smallest absolute Gasteiger partial charge is 0.269 e.